The largest absolute Gasteiger partial charge is 0.480 e. The number of likely N-dealkylation sites (tertiary alicyclic amines) is 1. The van der Waals surface area contributed by atoms with Gasteiger partial charge in [0.05, 0.1) is 0 Å². The molecular formula is C13H23N3O4. The summed E-state index contributed by atoms with van der Waals surface area (Å²) in [6.45, 7) is 2.38. The number of carboxylic acid groups (broad SMARTS) is 1. The zero-order valence-electron chi connectivity index (χ0n) is 11.8. The molecule has 1 aliphatic rings. The number of carbonyl (C=O) groups is 3. The summed E-state index contributed by atoms with van der Waals surface area (Å²) in [5.41, 5.74) is 5.29. The van der Waals surface area contributed by atoms with Crippen molar-refractivity contribution in [3.8, 4) is 0 Å². The molecule has 0 bridgehead atoms. The molecule has 2 atom stereocenters. The number of carboxylic acids is 1. The molecule has 0 aliphatic carbocycles. The van der Waals surface area contributed by atoms with E-state index < -0.39 is 30.0 Å². The highest BCUT2D eigenvalue weighted by Crippen LogP contribution is 2.17. The van der Waals surface area contributed by atoms with Crippen molar-refractivity contribution in [2.24, 2.45) is 5.73 Å². The second-order valence-electron chi connectivity index (χ2n) is 5.09. The van der Waals surface area contributed by atoms with Crippen LogP contribution in [0.4, 0.5) is 4.79 Å². The van der Waals surface area contributed by atoms with E-state index >= 15 is 0 Å². The Kier molecular flexibility index (Phi) is 6.27. The second kappa shape index (κ2) is 7.72. The van der Waals surface area contributed by atoms with Gasteiger partial charge in [0.2, 0.25) is 5.91 Å². The van der Waals surface area contributed by atoms with E-state index in [0.717, 1.165) is 25.7 Å². The van der Waals surface area contributed by atoms with E-state index in [2.05, 4.69) is 5.32 Å². The summed E-state index contributed by atoms with van der Waals surface area (Å²) in [6.07, 6.45) is 4.13. The summed E-state index contributed by atoms with van der Waals surface area (Å²) in [5, 5.41) is 11.6. The number of hydrogen-bond acceptors (Lipinski definition) is 3. The SMILES string of the molecule is CCCCC(NC(=O)N1CCCCC1C(N)=O)C(=O)O. The predicted octanol–water partition coefficient (Wildman–Crippen LogP) is 0.679. The van der Waals surface area contributed by atoms with Crippen molar-refractivity contribution in [2.45, 2.75) is 57.5 Å². The van der Waals surface area contributed by atoms with Crippen molar-refractivity contribution in [1.29, 1.82) is 0 Å². The number of urea groups is 1. The molecule has 7 heteroatoms. The minimum absolute atomic E-state index is 0.382. The summed E-state index contributed by atoms with van der Waals surface area (Å²) in [4.78, 5) is 35.9. The van der Waals surface area contributed by atoms with E-state index in [1.165, 1.54) is 4.90 Å². The fraction of sp³-hybridized carbons (Fsp3) is 0.769. The number of nitrogens with two attached hydrogens (primary N) is 1. The third kappa shape index (κ3) is 4.40. The van der Waals surface area contributed by atoms with Crippen LogP contribution in [0.5, 0.6) is 0 Å². The quantitative estimate of drug-likeness (QED) is 0.666. The lowest BCUT2D eigenvalue weighted by atomic mass is 10.0. The van der Waals surface area contributed by atoms with E-state index in [1.807, 2.05) is 6.92 Å². The molecule has 0 aromatic rings. The number of aliphatic carboxylic acids is 1. The standard InChI is InChI=1S/C13H23N3O4/c1-2-3-6-9(12(18)19)15-13(20)16-8-5-4-7-10(16)11(14)17/h9-10H,2-8H2,1H3,(H2,14,17)(H,15,20)(H,18,19). The molecule has 1 fully saturated rings. The molecule has 0 spiro atoms. The first-order chi connectivity index (χ1) is 9.47. The van der Waals surface area contributed by atoms with Gasteiger partial charge >= 0.3 is 12.0 Å². The molecule has 0 radical (unpaired) electrons. The smallest absolute Gasteiger partial charge is 0.326 e. The van der Waals surface area contributed by atoms with E-state index in [9.17, 15) is 14.4 Å². The molecule has 4 N–H and O–H groups in total. The first-order valence-corrected chi connectivity index (χ1v) is 7.06. The zero-order valence-corrected chi connectivity index (χ0v) is 11.8. The number of rotatable bonds is 6. The van der Waals surface area contributed by atoms with Crippen molar-refractivity contribution in [1.82, 2.24) is 10.2 Å². The molecule has 7 nitrogen and oxygen atoms in total. The van der Waals surface area contributed by atoms with Gasteiger partial charge in [-0.2, -0.15) is 0 Å². The van der Waals surface area contributed by atoms with Gasteiger partial charge in [-0.05, 0) is 25.7 Å². The van der Waals surface area contributed by atoms with Crippen LogP contribution >= 0.6 is 0 Å². The van der Waals surface area contributed by atoms with E-state index in [4.69, 9.17) is 10.8 Å². The van der Waals surface area contributed by atoms with Crippen LogP contribution in [0, 0.1) is 0 Å². The van der Waals surface area contributed by atoms with Gasteiger partial charge in [-0.15, -0.1) is 0 Å². The molecule has 1 heterocycles. The fourth-order valence-corrected chi connectivity index (χ4v) is 2.37. The Labute approximate surface area is 118 Å². The molecular weight excluding hydrogens is 262 g/mol. The van der Waals surface area contributed by atoms with Crippen molar-refractivity contribution >= 4 is 17.9 Å². The topological polar surface area (TPSA) is 113 Å². The number of amides is 3. The average molecular weight is 285 g/mol. The molecule has 20 heavy (non-hydrogen) atoms. The molecule has 114 valence electrons. The minimum Gasteiger partial charge on any atom is -0.480 e. The van der Waals surface area contributed by atoms with E-state index in [-0.39, 0.29) is 0 Å². The van der Waals surface area contributed by atoms with Gasteiger partial charge in [-0.1, -0.05) is 19.8 Å². The highest BCUT2D eigenvalue weighted by Gasteiger charge is 2.32. The fourth-order valence-electron chi connectivity index (χ4n) is 2.37. The number of hydrogen-bond donors (Lipinski definition) is 3. The van der Waals surface area contributed by atoms with Crippen LogP contribution in [0.2, 0.25) is 0 Å². The second-order valence-corrected chi connectivity index (χ2v) is 5.09. The number of primary amides is 1. The van der Waals surface area contributed by atoms with Gasteiger partial charge in [0.1, 0.15) is 12.1 Å². The maximum absolute atomic E-state index is 12.1. The van der Waals surface area contributed by atoms with E-state index in [0.29, 0.717) is 19.4 Å². The maximum Gasteiger partial charge on any atom is 0.326 e. The van der Waals surface area contributed by atoms with Crippen LogP contribution < -0.4 is 11.1 Å². The number of nitrogens with one attached hydrogen (secondary N) is 1. The monoisotopic (exact) mass is 285 g/mol. The molecule has 1 rings (SSSR count). The first kappa shape index (κ1) is 16.3. The third-order valence-corrected chi connectivity index (χ3v) is 3.53. The van der Waals surface area contributed by atoms with Crippen LogP contribution in [0.15, 0.2) is 0 Å². The molecule has 1 aliphatic heterocycles. The van der Waals surface area contributed by atoms with Crippen molar-refractivity contribution in [2.75, 3.05) is 6.54 Å². The van der Waals surface area contributed by atoms with E-state index in [1.54, 1.807) is 0 Å². The Hall–Kier alpha value is -1.79. The van der Waals surface area contributed by atoms with Gasteiger partial charge in [-0.3, -0.25) is 4.79 Å². The molecule has 1 saturated heterocycles. The Balaban J connectivity index is 2.66. The normalized spacial score (nSPS) is 20.2. The Bertz CT molecular complexity index is 373. The highest BCUT2D eigenvalue weighted by atomic mass is 16.4. The first-order valence-electron chi connectivity index (χ1n) is 7.06. The summed E-state index contributed by atoms with van der Waals surface area (Å²) in [5.74, 6) is -1.60. The Morgan fingerprint density at radius 1 is 1.40 bits per heavy atom. The van der Waals surface area contributed by atoms with Crippen LogP contribution in [-0.2, 0) is 9.59 Å². The summed E-state index contributed by atoms with van der Waals surface area (Å²) in [7, 11) is 0. The van der Waals surface area contributed by atoms with Crippen molar-refractivity contribution < 1.29 is 19.5 Å². The van der Waals surface area contributed by atoms with Gasteiger partial charge in [0.25, 0.3) is 0 Å². The Morgan fingerprint density at radius 3 is 2.65 bits per heavy atom. The van der Waals surface area contributed by atoms with Crippen molar-refractivity contribution in [3.05, 3.63) is 0 Å². The average Bonchev–Trinajstić information content (AvgIpc) is 2.42. The summed E-state index contributed by atoms with van der Waals surface area (Å²) < 4.78 is 0. The summed E-state index contributed by atoms with van der Waals surface area (Å²) in [6, 6.07) is -2.07. The molecule has 2 unspecified atom stereocenters. The van der Waals surface area contributed by atoms with Gasteiger partial charge in [0.15, 0.2) is 0 Å². The maximum atomic E-state index is 12.1. The van der Waals surface area contributed by atoms with Crippen LogP contribution in [0.1, 0.15) is 45.4 Å². The lowest BCUT2D eigenvalue weighted by Crippen LogP contribution is -2.56. The predicted molar refractivity (Wildman–Crippen MR) is 73.0 cm³/mol. The summed E-state index contributed by atoms with van der Waals surface area (Å²) >= 11 is 0. The van der Waals surface area contributed by atoms with Gasteiger partial charge < -0.3 is 21.1 Å². The molecule has 0 aromatic carbocycles. The van der Waals surface area contributed by atoms with Crippen LogP contribution in [-0.4, -0.2) is 46.5 Å². The number of carbonyl (C=O) groups excluding carboxylic acids is 2. The molecule has 0 aromatic heterocycles. The molecule has 0 saturated carbocycles. The van der Waals surface area contributed by atoms with Gasteiger partial charge in [-0.25, -0.2) is 9.59 Å². The minimum atomic E-state index is -1.06. The van der Waals surface area contributed by atoms with Gasteiger partial charge in [0, 0.05) is 6.54 Å². The van der Waals surface area contributed by atoms with Crippen molar-refractivity contribution in [3.63, 3.8) is 0 Å². The third-order valence-electron chi connectivity index (χ3n) is 3.53. The number of piperidine rings is 1. The lowest BCUT2D eigenvalue weighted by Gasteiger charge is -2.34. The number of nitrogens with zero attached hydrogens (tertiary/aromatic N) is 1. The van der Waals surface area contributed by atoms with Crippen LogP contribution in [0.3, 0.4) is 0 Å². The Morgan fingerprint density at radius 2 is 2.10 bits per heavy atom. The lowest BCUT2D eigenvalue weighted by molar-refractivity contribution is -0.139. The number of unbranched alkanes of at least 4 members (excludes halogenated alkanes) is 1. The highest BCUT2D eigenvalue weighted by molar-refractivity contribution is 5.88. The zero-order chi connectivity index (χ0) is 15.1. The molecule has 3 amide bonds. The van der Waals surface area contributed by atoms with Crippen LogP contribution in [0.25, 0.3) is 0 Å².